The molecule has 1 aliphatic carbocycles. The van der Waals surface area contributed by atoms with Gasteiger partial charge in [0, 0.05) is 0 Å². The molecule has 0 saturated heterocycles. The summed E-state index contributed by atoms with van der Waals surface area (Å²) in [6.45, 7) is 1.67. The van der Waals surface area contributed by atoms with Gasteiger partial charge in [0.1, 0.15) is 18.2 Å². The highest BCUT2D eigenvalue weighted by Gasteiger charge is 2.24. The van der Waals surface area contributed by atoms with Crippen LogP contribution in [0.1, 0.15) is 62.5 Å². The lowest BCUT2D eigenvalue weighted by atomic mass is 9.77. The van der Waals surface area contributed by atoms with E-state index < -0.39 is 52.8 Å². The predicted octanol–water partition coefficient (Wildman–Crippen LogP) is 8.84. The average Bonchev–Trinajstić information content (AvgIpc) is 2.81. The van der Waals surface area contributed by atoms with E-state index in [1.165, 1.54) is 18.6 Å². The third kappa shape index (κ3) is 5.65. The van der Waals surface area contributed by atoms with E-state index in [4.69, 9.17) is 4.74 Å². The number of hydrogen-bond acceptors (Lipinski definition) is 1. The second-order valence-corrected chi connectivity index (χ2v) is 9.17. The molecule has 0 unspecified atom stereocenters. The first kappa shape index (κ1) is 25.1. The highest BCUT2D eigenvalue weighted by molar-refractivity contribution is 5.65. The van der Waals surface area contributed by atoms with Gasteiger partial charge in [0.2, 0.25) is 0 Å². The summed E-state index contributed by atoms with van der Waals surface area (Å²) in [6, 6.07) is 6.92. The van der Waals surface area contributed by atoms with Gasteiger partial charge < -0.3 is 4.74 Å². The molecule has 0 spiro atoms. The third-order valence-electron chi connectivity index (χ3n) is 6.73. The summed E-state index contributed by atoms with van der Waals surface area (Å²) in [7, 11) is 0. The van der Waals surface area contributed by atoms with E-state index in [2.05, 4.69) is 6.92 Å². The molecule has 1 nitrogen and oxygen atoms in total. The first-order valence-corrected chi connectivity index (χ1v) is 11.8. The summed E-state index contributed by atoms with van der Waals surface area (Å²) in [5, 5.41) is 0. The zero-order valence-electron chi connectivity index (χ0n) is 19.3. The van der Waals surface area contributed by atoms with Crippen molar-refractivity contribution in [1.29, 1.82) is 0 Å². The number of ether oxygens (including phenoxy) is 1. The largest absolute Gasteiger partial charge is 0.483 e. The molecule has 0 bridgehead atoms. The molecule has 1 aliphatic rings. The molecule has 7 heteroatoms. The van der Waals surface area contributed by atoms with Gasteiger partial charge in [-0.3, -0.25) is 0 Å². The number of rotatable bonds is 7. The maximum atomic E-state index is 14.7. The van der Waals surface area contributed by atoms with Gasteiger partial charge in [-0.05, 0) is 90.6 Å². The molecule has 0 aromatic heterocycles. The van der Waals surface area contributed by atoms with Crippen LogP contribution in [-0.4, -0.2) is 0 Å². The summed E-state index contributed by atoms with van der Waals surface area (Å²) in [5.41, 5.74) is -0.135. The SMILES string of the molecule is CCCC1CCC(c2cc(F)c(OCc3cc(F)c(-c4ccc(F)c(F)c4)c(F)c3)c(F)c2)CC1. The fraction of sp³-hybridized carbons (Fsp3) is 0.357. The molecule has 35 heavy (non-hydrogen) atoms. The highest BCUT2D eigenvalue weighted by Crippen LogP contribution is 2.39. The number of benzene rings is 3. The summed E-state index contributed by atoms with van der Waals surface area (Å²) < 4.78 is 90.4. The van der Waals surface area contributed by atoms with Crippen molar-refractivity contribution in [1.82, 2.24) is 0 Å². The van der Waals surface area contributed by atoms with Gasteiger partial charge in [-0.15, -0.1) is 0 Å². The molecule has 0 N–H and O–H groups in total. The number of hydrogen-bond donors (Lipinski definition) is 0. The summed E-state index contributed by atoms with van der Waals surface area (Å²) >= 11 is 0. The Balaban J connectivity index is 1.47. The third-order valence-corrected chi connectivity index (χ3v) is 6.73. The molecule has 1 fully saturated rings. The molecular weight excluding hydrogens is 466 g/mol. The van der Waals surface area contributed by atoms with E-state index in [0.29, 0.717) is 17.5 Å². The van der Waals surface area contributed by atoms with Crippen LogP contribution in [0.15, 0.2) is 42.5 Å². The summed E-state index contributed by atoms with van der Waals surface area (Å²) in [4.78, 5) is 0. The molecular formula is C28H26F6O. The van der Waals surface area contributed by atoms with Crippen LogP contribution in [0.25, 0.3) is 11.1 Å². The minimum absolute atomic E-state index is 0.0107. The van der Waals surface area contributed by atoms with E-state index in [0.717, 1.165) is 56.4 Å². The van der Waals surface area contributed by atoms with Crippen LogP contribution in [-0.2, 0) is 6.61 Å². The Morgan fingerprint density at radius 3 is 1.91 bits per heavy atom. The summed E-state index contributed by atoms with van der Waals surface area (Å²) in [5.74, 6) is -6.04. The van der Waals surface area contributed by atoms with Crippen LogP contribution < -0.4 is 4.74 Å². The van der Waals surface area contributed by atoms with Gasteiger partial charge in [0.05, 0.1) is 5.56 Å². The van der Waals surface area contributed by atoms with Crippen molar-refractivity contribution < 1.29 is 31.1 Å². The topological polar surface area (TPSA) is 9.23 Å². The van der Waals surface area contributed by atoms with Crippen LogP contribution in [0.2, 0.25) is 0 Å². The zero-order chi connectivity index (χ0) is 25.1. The fourth-order valence-electron chi connectivity index (χ4n) is 4.94. The van der Waals surface area contributed by atoms with Crippen molar-refractivity contribution in [3.05, 3.63) is 88.5 Å². The quantitative estimate of drug-likeness (QED) is 0.299. The van der Waals surface area contributed by atoms with Gasteiger partial charge in [0.15, 0.2) is 29.0 Å². The molecule has 186 valence electrons. The Morgan fingerprint density at radius 2 is 1.34 bits per heavy atom. The van der Waals surface area contributed by atoms with Crippen LogP contribution in [0.3, 0.4) is 0 Å². The molecule has 4 rings (SSSR count). The molecule has 0 amide bonds. The molecule has 0 radical (unpaired) electrons. The van der Waals surface area contributed by atoms with E-state index >= 15 is 0 Å². The Morgan fingerprint density at radius 1 is 0.714 bits per heavy atom. The standard InChI is InChI=1S/C28H26F6O/c1-2-3-16-4-6-18(7-5-16)20-13-25(33)28(26(34)14-20)35-15-17-10-23(31)27(24(32)11-17)19-8-9-21(29)22(30)12-19/h8-14,16,18H,2-7,15H2,1H3. The van der Waals surface area contributed by atoms with E-state index in [1.807, 2.05) is 0 Å². The van der Waals surface area contributed by atoms with E-state index in [1.54, 1.807) is 0 Å². The normalized spacial score (nSPS) is 18.0. The first-order chi connectivity index (χ1) is 16.8. The highest BCUT2D eigenvalue weighted by atomic mass is 19.2. The minimum atomic E-state index is -1.24. The number of halogens is 6. The average molecular weight is 493 g/mol. The van der Waals surface area contributed by atoms with E-state index in [-0.39, 0.29) is 17.0 Å². The monoisotopic (exact) mass is 492 g/mol. The van der Waals surface area contributed by atoms with Gasteiger partial charge in [-0.25, -0.2) is 26.3 Å². The second-order valence-electron chi connectivity index (χ2n) is 9.17. The van der Waals surface area contributed by atoms with Gasteiger partial charge in [0.25, 0.3) is 0 Å². The Labute approximate surface area is 200 Å². The lowest BCUT2D eigenvalue weighted by molar-refractivity contribution is 0.271. The predicted molar refractivity (Wildman–Crippen MR) is 122 cm³/mol. The molecule has 3 aromatic carbocycles. The van der Waals surface area contributed by atoms with Crippen molar-refractivity contribution in [2.24, 2.45) is 5.92 Å². The zero-order valence-corrected chi connectivity index (χ0v) is 19.3. The smallest absolute Gasteiger partial charge is 0.191 e. The Bertz CT molecular complexity index is 1150. The van der Waals surface area contributed by atoms with Gasteiger partial charge >= 0.3 is 0 Å². The molecule has 3 aromatic rings. The lowest BCUT2D eigenvalue weighted by Gasteiger charge is -2.28. The van der Waals surface area contributed by atoms with Crippen molar-refractivity contribution >= 4 is 0 Å². The van der Waals surface area contributed by atoms with Crippen LogP contribution in [0.4, 0.5) is 26.3 Å². The maximum Gasteiger partial charge on any atom is 0.191 e. The fourth-order valence-corrected chi connectivity index (χ4v) is 4.94. The maximum absolute atomic E-state index is 14.7. The van der Waals surface area contributed by atoms with Crippen molar-refractivity contribution in [3.8, 4) is 16.9 Å². The molecule has 0 atom stereocenters. The van der Waals surface area contributed by atoms with Gasteiger partial charge in [-0.1, -0.05) is 25.8 Å². The van der Waals surface area contributed by atoms with Gasteiger partial charge in [-0.2, -0.15) is 0 Å². The van der Waals surface area contributed by atoms with Crippen LogP contribution in [0.5, 0.6) is 5.75 Å². The summed E-state index contributed by atoms with van der Waals surface area (Å²) in [6.07, 6.45) is 6.14. The van der Waals surface area contributed by atoms with Crippen molar-refractivity contribution in [2.45, 2.75) is 58.0 Å². The van der Waals surface area contributed by atoms with E-state index in [9.17, 15) is 26.3 Å². The minimum Gasteiger partial charge on any atom is -0.483 e. The van der Waals surface area contributed by atoms with Crippen molar-refractivity contribution in [2.75, 3.05) is 0 Å². The Hall–Kier alpha value is -2.96. The molecule has 0 aliphatic heterocycles. The molecule has 0 heterocycles. The Kier molecular flexibility index (Phi) is 7.72. The second kappa shape index (κ2) is 10.8. The molecule has 1 saturated carbocycles. The van der Waals surface area contributed by atoms with Crippen LogP contribution in [0, 0.1) is 40.8 Å². The van der Waals surface area contributed by atoms with Crippen molar-refractivity contribution in [3.63, 3.8) is 0 Å². The first-order valence-electron chi connectivity index (χ1n) is 11.8. The lowest BCUT2D eigenvalue weighted by Crippen LogP contribution is -2.14. The van der Waals surface area contributed by atoms with Crippen LogP contribution >= 0.6 is 0 Å².